The highest BCUT2D eigenvalue weighted by atomic mass is 32.2. The topological polar surface area (TPSA) is 55.8 Å². The van der Waals surface area contributed by atoms with Crippen molar-refractivity contribution in [3.05, 3.63) is 84.4 Å². The molecule has 1 unspecified atom stereocenters. The van der Waals surface area contributed by atoms with Crippen molar-refractivity contribution in [3.63, 3.8) is 0 Å². The van der Waals surface area contributed by atoms with Gasteiger partial charge in [-0.05, 0) is 48.5 Å². The van der Waals surface area contributed by atoms with Gasteiger partial charge in [-0.15, -0.1) is 0 Å². The lowest BCUT2D eigenvalue weighted by atomic mass is 10.2. The van der Waals surface area contributed by atoms with Gasteiger partial charge in [0, 0.05) is 0 Å². The molecule has 0 spiro atoms. The van der Waals surface area contributed by atoms with Crippen LogP contribution in [0.2, 0.25) is 0 Å². The Kier molecular flexibility index (Phi) is 7.59. The average molecular weight is 449 g/mol. The summed E-state index contributed by atoms with van der Waals surface area (Å²) in [6.45, 7) is -1.59. The highest BCUT2D eigenvalue weighted by molar-refractivity contribution is 7.97. The van der Waals surface area contributed by atoms with Crippen molar-refractivity contribution in [1.82, 2.24) is 0 Å². The molecular formula is C23H20F3O4S+. The largest absolute Gasteiger partial charge is 0.491 e. The Labute approximate surface area is 180 Å². The Morgan fingerprint density at radius 3 is 2.13 bits per heavy atom. The van der Waals surface area contributed by atoms with Gasteiger partial charge in [0.05, 0.1) is 6.61 Å². The number of carbonyl (C=O) groups excluding carboxylic acids is 1. The van der Waals surface area contributed by atoms with Crippen molar-refractivity contribution >= 4 is 16.9 Å². The molecule has 31 heavy (non-hydrogen) atoms. The first-order valence-electron chi connectivity index (χ1n) is 9.35. The number of halogens is 3. The van der Waals surface area contributed by atoms with E-state index in [-0.39, 0.29) is 18.8 Å². The van der Waals surface area contributed by atoms with Crippen LogP contribution in [0.5, 0.6) is 5.75 Å². The van der Waals surface area contributed by atoms with Crippen molar-refractivity contribution in [2.24, 2.45) is 0 Å². The van der Waals surface area contributed by atoms with E-state index in [1.54, 1.807) is 30.3 Å². The van der Waals surface area contributed by atoms with E-state index >= 15 is 0 Å². The number of aliphatic hydroxyl groups excluding tert-OH is 1. The Morgan fingerprint density at radius 2 is 1.48 bits per heavy atom. The minimum atomic E-state index is -4.60. The second-order valence-electron chi connectivity index (χ2n) is 6.35. The van der Waals surface area contributed by atoms with Crippen LogP contribution in [0.25, 0.3) is 0 Å². The molecule has 0 fully saturated rings. The van der Waals surface area contributed by atoms with Crippen molar-refractivity contribution in [1.29, 1.82) is 0 Å². The molecule has 4 nitrogen and oxygen atoms in total. The normalized spacial score (nSPS) is 12.3. The molecule has 162 valence electrons. The Balaban J connectivity index is 2.01. The Hall–Kier alpha value is -2.97. The highest BCUT2D eigenvalue weighted by Crippen LogP contribution is 2.34. The lowest BCUT2D eigenvalue weighted by Gasteiger charge is -2.13. The van der Waals surface area contributed by atoms with E-state index in [9.17, 15) is 18.0 Å². The summed E-state index contributed by atoms with van der Waals surface area (Å²) >= 11 is 0. The van der Waals surface area contributed by atoms with Gasteiger partial charge in [0.2, 0.25) is 0 Å². The minimum Gasteiger partial charge on any atom is -0.491 e. The average Bonchev–Trinajstić information content (AvgIpc) is 2.78. The third-order valence-electron chi connectivity index (χ3n) is 4.09. The molecule has 1 N–H and O–H groups in total. The molecule has 0 amide bonds. The molecule has 3 aromatic carbocycles. The lowest BCUT2D eigenvalue weighted by molar-refractivity contribution is -0.161. The molecule has 1 atom stereocenters. The van der Waals surface area contributed by atoms with Gasteiger partial charge in [0.15, 0.2) is 21.3 Å². The van der Waals surface area contributed by atoms with Crippen molar-refractivity contribution in [2.45, 2.75) is 20.9 Å². The van der Waals surface area contributed by atoms with E-state index in [1.165, 1.54) is 6.07 Å². The van der Waals surface area contributed by atoms with Gasteiger partial charge in [-0.3, -0.25) is 0 Å². The van der Waals surface area contributed by atoms with Crippen LogP contribution in [0, 0.1) is 0 Å². The third kappa shape index (κ3) is 6.26. The van der Waals surface area contributed by atoms with E-state index in [4.69, 9.17) is 9.84 Å². The molecule has 0 saturated heterocycles. The molecule has 0 aliphatic heterocycles. The summed E-state index contributed by atoms with van der Waals surface area (Å²) in [6, 6.07) is 23.1. The first-order valence-corrected chi connectivity index (χ1v) is 10.6. The summed E-state index contributed by atoms with van der Waals surface area (Å²) in [5, 5.41) is 8.91. The SMILES string of the molecule is O=C(OCC(F)(F)F)c1ccccc1[S+](c1ccccc1)c1ccc(OCCO)cc1. The summed E-state index contributed by atoms with van der Waals surface area (Å²) in [5.74, 6) is -0.448. The van der Waals surface area contributed by atoms with Gasteiger partial charge in [-0.25, -0.2) is 4.79 Å². The number of benzene rings is 3. The summed E-state index contributed by atoms with van der Waals surface area (Å²) in [4.78, 5) is 14.8. The van der Waals surface area contributed by atoms with E-state index < -0.39 is 29.6 Å². The summed E-state index contributed by atoms with van der Waals surface area (Å²) in [7, 11) is -0.773. The second-order valence-corrected chi connectivity index (χ2v) is 8.35. The molecule has 0 bridgehead atoms. The van der Waals surface area contributed by atoms with Gasteiger partial charge in [0.1, 0.15) is 28.8 Å². The van der Waals surface area contributed by atoms with Crippen LogP contribution in [0.15, 0.2) is 93.5 Å². The fourth-order valence-corrected chi connectivity index (χ4v) is 5.02. The van der Waals surface area contributed by atoms with E-state index in [1.807, 2.05) is 42.5 Å². The van der Waals surface area contributed by atoms with Gasteiger partial charge >= 0.3 is 12.1 Å². The molecule has 0 radical (unpaired) electrons. The van der Waals surface area contributed by atoms with Gasteiger partial charge in [-0.2, -0.15) is 13.2 Å². The fourth-order valence-electron chi connectivity index (χ4n) is 2.82. The summed E-state index contributed by atoms with van der Waals surface area (Å²) in [6.07, 6.45) is -4.60. The van der Waals surface area contributed by atoms with E-state index in [2.05, 4.69) is 4.74 Å². The molecule has 3 rings (SSSR count). The molecule has 0 aliphatic carbocycles. The first kappa shape index (κ1) is 22.7. The molecular weight excluding hydrogens is 429 g/mol. The highest BCUT2D eigenvalue weighted by Gasteiger charge is 2.35. The number of carbonyl (C=O) groups is 1. The van der Waals surface area contributed by atoms with Crippen LogP contribution in [0.3, 0.4) is 0 Å². The quantitative estimate of drug-likeness (QED) is 0.394. The number of aliphatic hydroxyl groups is 1. The van der Waals surface area contributed by atoms with Crippen molar-refractivity contribution in [3.8, 4) is 5.75 Å². The first-order chi connectivity index (χ1) is 14.9. The molecule has 0 aromatic heterocycles. The van der Waals surface area contributed by atoms with Gasteiger partial charge in [0.25, 0.3) is 0 Å². The summed E-state index contributed by atoms with van der Waals surface area (Å²) in [5.41, 5.74) is 0.0829. The molecule has 8 heteroatoms. The van der Waals surface area contributed by atoms with Gasteiger partial charge in [-0.1, -0.05) is 30.3 Å². The third-order valence-corrected chi connectivity index (χ3v) is 6.38. The predicted octanol–water partition coefficient (Wildman–Crippen LogP) is 4.87. The predicted molar refractivity (Wildman–Crippen MR) is 110 cm³/mol. The maximum atomic E-state index is 12.5. The van der Waals surface area contributed by atoms with Crippen LogP contribution in [0.1, 0.15) is 10.4 Å². The fraction of sp³-hybridized carbons (Fsp3) is 0.174. The van der Waals surface area contributed by atoms with Crippen LogP contribution < -0.4 is 4.74 Å². The van der Waals surface area contributed by atoms with Crippen molar-refractivity contribution in [2.75, 3.05) is 19.8 Å². The zero-order valence-corrected chi connectivity index (χ0v) is 17.2. The van der Waals surface area contributed by atoms with Crippen LogP contribution in [-0.4, -0.2) is 37.1 Å². The zero-order chi connectivity index (χ0) is 22.3. The Bertz CT molecular complexity index is 992. The van der Waals surface area contributed by atoms with E-state index in [0.29, 0.717) is 10.6 Å². The number of hydrogen-bond donors (Lipinski definition) is 1. The standard InChI is InChI=1S/C23H20F3O4S/c24-23(25,26)16-30-22(28)20-8-4-5-9-21(20)31(18-6-2-1-3-7-18)19-12-10-17(11-13-19)29-15-14-27/h1-13,27H,14-16H2/q+1. The maximum absolute atomic E-state index is 12.5. The summed E-state index contributed by atoms with van der Waals surface area (Å²) < 4.78 is 47.5. The maximum Gasteiger partial charge on any atom is 0.422 e. The molecule has 0 aliphatic rings. The van der Waals surface area contributed by atoms with Crippen molar-refractivity contribution < 1.29 is 32.5 Å². The minimum absolute atomic E-state index is 0.0829. The van der Waals surface area contributed by atoms with E-state index in [0.717, 1.165) is 9.79 Å². The lowest BCUT2D eigenvalue weighted by Crippen LogP contribution is -2.21. The number of hydrogen-bond acceptors (Lipinski definition) is 4. The number of ether oxygens (including phenoxy) is 2. The van der Waals surface area contributed by atoms with Crippen LogP contribution in [-0.2, 0) is 15.6 Å². The van der Waals surface area contributed by atoms with Crippen LogP contribution in [0.4, 0.5) is 13.2 Å². The smallest absolute Gasteiger partial charge is 0.422 e. The monoisotopic (exact) mass is 449 g/mol. The zero-order valence-electron chi connectivity index (χ0n) is 16.3. The van der Waals surface area contributed by atoms with Gasteiger partial charge < -0.3 is 14.6 Å². The molecule has 3 aromatic rings. The molecule has 0 heterocycles. The van der Waals surface area contributed by atoms with Crippen LogP contribution >= 0.6 is 0 Å². The second kappa shape index (κ2) is 10.4. The number of esters is 1. The molecule has 0 saturated carbocycles. The number of alkyl halides is 3. The Morgan fingerprint density at radius 1 is 0.871 bits per heavy atom. The number of rotatable bonds is 8.